The van der Waals surface area contributed by atoms with E-state index in [2.05, 4.69) is 4.90 Å². The van der Waals surface area contributed by atoms with Crippen molar-refractivity contribution >= 4 is 12.0 Å². The summed E-state index contributed by atoms with van der Waals surface area (Å²) in [5.74, 6) is 1.68. The van der Waals surface area contributed by atoms with Gasteiger partial charge in [0, 0.05) is 18.2 Å². The average Bonchev–Trinajstić information content (AvgIpc) is 3.28. The normalized spacial score (nSPS) is 27.2. The van der Waals surface area contributed by atoms with Crippen molar-refractivity contribution in [2.75, 3.05) is 6.79 Å². The lowest BCUT2D eigenvalue weighted by atomic mass is 9.95. The van der Waals surface area contributed by atoms with E-state index in [-0.39, 0.29) is 12.7 Å². The van der Waals surface area contributed by atoms with E-state index in [0.29, 0.717) is 12.1 Å². The second-order valence-electron chi connectivity index (χ2n) is 7.19. The number of fused-ring (bicyclic) bond motifs is 3. The Hall–Kier alpha value is -2.23. The third kappa shape index (κ3) is 2.41. The minimum absolute atomic E-state index is 0.153. The van der Waals surface area contributed by atoms with Crippen molar-refractivity contribution in [3.63, 3.8) is 0 Å². The van der Waals surface area contributed by atoms with Gasteiger partial charge >= 0.3 is 0 Å². The summed E-state index contributed by atoms with van der Waals surface area (Å²) in [7, 11) is 0. The molecule has 3 fully saturated rings. The molecule has 0 N–H and O–H groups in total. The molecule has 3 heterocycles. The molecule has 24 heavy (non-hydrogen) atoms. The highest BCUT2D eigenvalue weighted by molar-refractivity contribution is 5.92. The molecular formula is C20H21NO3. The number of carbonyl (C=O) groups is 1. The molecule has 2 atom stereocenters. The number of nitrogens with zero attached hydrogens (tertiary/aromatic N) is 1. The molecule has 1 saturated carbocycles. The minimum Gasteiger partial charge on any atom is -0.454 e. The number of piperidine rings is 1. The fourth-order valence-corrected chi connectivity index (χ4v) is 4.35. The van der Waals surface area contributed by atoms with Crippen molar-refractivity contribution in [2.45, 2.75) is 50.6 Å². The summed E-state index contributed by atoms with van der Waals surface area (Å²) in [6.07, 6.45) is 10.7. The Morgan fingerprint density at radius 3 is 2.54 bits per heavy atom. The summed E-state index contributed by atoms with van der Waals surface area (Å²) in [6, 6.07) is 6.61. The molecule has 5 rings (SSSR count). The summed E-state index contributed by atoms with van der Waals surface area (Å²) in [6.45, 7) is 0.274. The van der Waals surface area contributed by atoms with Crippen LogP contribution < -0.4 is 9.47 Å². The van der Waals surface area contributed by atoms with Crippen molar-refractivity contribution in [2.24, 2.45) is 0 Å². The van der Waals surface area contributed by atoms with Crippen molar-refractivity contribution in [1.82, 2.24) is 4.90 Å². The van der Waals surface area contributed by atoms with Gasteiger partial charge in [-0.3, -0.25) is 4.79 Å². The zero-order valence-corrected chi connectivity index (χ0v) is 13.7. The third-order valence-electron chi connectivity index (χ3n) is 5.65. The number of ether oxygens (including phenoxy) is 2. The first-order valence-corrected chi connectivity index (χ1v) is 8.88. The summed E-state index contributed by atoms with van der Waals surface area (Å²) in [5.41, 5.74) is 4.30. The second-order valence-corrected chi connectivity index (χ2v) is 7.19. The molecule has 3 aliphatic heterocycles. The number of hydrogen-bond acceptors (Lipinski definition) is 3. The van der Waals surface area contributed by atoms with Gasteiger partial charge in [0.25, 0.3) is 0 Å². The average molecular weight is 323 g/mol. The molecule has 1 aromatic rings. The van der Waals surface area contributed by atoms with Crippen molar-refractivity contribution in [3.8, 4) is 11.5 Å². The monoisotopic (exact) mass is 323 g/mol. The smallest absolute Gasteiger partial charge is 0.247 e. The molecule has 0 spiro atoms. The maximum atomic E-state index is 12.7. The van der Waals surface area contributed by atoms with Gasteiger partial charge in [0.1, 0.15) is 0 Å². The Labute approximate surface area is 141 Å². The molecule has 124 valence electrons. The Morgan fingerprint density at radius 1 is 1.04 bits per heavy atom. The predicted octanol–water partition coefficient (Wildman–Crippen LogP) is 3.67. The first-order chi connectivity index (χ1) is 11.8. The van der Waals surface area contributed by atoms with Gasteiger partial charge in [-0.2, -0.15) is 0 Å². The topological polar surface area (TPSA) is 38.8 Å². The largest absolute Gasteiger partial charge is 0.454 e. The van der Waals surface area contributed by atoms with E-state index in [9.17, 15) is 4.79 Å². The molecule has 1 aliphatic carbocycles. The fourth-order valence-electron chi connectivity index (χ4n) is 4.35. The highest BCUT2D eigenvalue weighted by Gasteiger charge is 2.41. The van der Waals surface area contributed by atoms with Gasteiger partial charge in [0.2, 0.25) is 12.7 Å². The molecule has 2 saturated heterocycles. The van der Waals surface area contributed by atoms with Gasteiger partial charge in [-0.15, -0.1) is 0 Å². The van der Waals surface area contributed by atoms with Crippen LogP contribution in [-0.2, 0) is 4.79 Å². The maximum Gasteiger partial charge on any atom is 0.247 e. The number of allylic oxidation sites excluding steroid dienone is 1. The van der Waals surface area contributed by atoms with Crippen LogP contribution in [0, 0.1) is 0 Å². The van der Waals surface area contributed by atoms with E-state index in [1.54, 1.807) is 17.2 Å². The van der Waals surface area contributed by atoms with Gasteiger partial charge in [-0.25, -0.2) is 0 Å². The minimum atomic E-state index is 0.153. The summed E-state index contributed by atoms with van der Waals surface area (Å²) in [4.78, 5) is 14.9. The SMILES string of the molecule is O=C(/C=C/c1ccc2c(c1)OCO2)N1C2CCC1CC(=C1CC1)C2. The van der Waals surface area contributed by atoms with Crippen LogP contribution in [0.1, 0.15) is 44.1 Å². The Morgan fingerprint density at radius 2 is 1.79 bits per heavy atom. The van der Waals surface area contributed by atoms with Crippen LogP contribution in [-0.4, -0.2) is 29.7 Å². The molecule has 4 nitrogen and oxygen atoms in total. The zero-order chi connectivity index (χ0) is 16.1. The summed E-state index contributed by atoms with van der Waals surface area (Å²) in [5, 5.41) is 0. The number of hydrogen-bond donors (Lipinski definition) is 0. The van der Waals surface area contributed by atoms with Gasteiger partial charge in [0.15, 0.2) is 11.5 Å². The van der Waals surface area contributed by atoms with E-state index >= 15 is 0 Å². The van der Waals surface area contributed by atoms with Crippen LogP contribution in [0.4, 0.5) is 0 Å². The molecule has 1 amide bonds. The van der Waals surface area contributed by atoms with Crippen LogP contribution in [0.15, 0.2) is 35.4 Å². The van der Waals surface area contributed by atoms with E-state index in [1.807, 2.05) is 24.3 Å². The van der Waals surface area contributed by atoms with E-state index < -0.39 is 0 Å². The van der Waals surface area contributed by atoms with Gasteiger partial charge in [-0.1, -0.05) is 17.2 Å². The van der Waals surface area contributed by atoms with Crippen molar-refractivity contribution < 1.29 is 14.3 Å². The lowest BCUT2D eigenvalue weighted by Crippen LogP contribution is -2.43. The Kier molecular flexibility index (Phi) is 3.18. The van der Waals surface area contributed by atoms with Gasteiger partial charge < -0.3 is 14.4 Å². The molecule has 2 bridgehead atoms. The summed E-state index contributed by atoms with van der Waals surface area (Å²) < 4.78 is 10.7. The Bertz CT molecular complexity index is 742. The highest BCUT2D eigenvalue weighted by Crippen LogP contribution is 2.44. The zero-order valence-electron chi connectivity index (χ0n) is 13.7. The molecule has 2 unspecified atom stereocenters. The van der Waals surface area contributed by atoms with Crippen molar-refractivity contribution in [3.05, 3.63) is 41.0 Å². The van der Waals surface area contributed by atoms with E-state index in [0.717, 1.165) is 42.7 Å². The number of carbonyl (C=O) groups excluding carboxylic acids is 1. The van der Waals surface area contributed by atoms with Crippen molar-refractivity contribution in [1.29, 1.82) is 0 Å². The van der Waals surface area contributed by atoms with Crippen LogP contribution >= 0.6 is 0 Å². The standard InChI is InChI=1S/C20H21NO3/c22-20(8-2-13-1-7-18-19(9-13)24-12-23-18)21-16-5-6-17(21)11-15(10-16)14-3-4-14/h1-2,7-9,16-17H,3-6,10-12H2/b8-2+. The third-order valence-corrected chi connectivity index (χ3v) is 5.65. The van der Waals surface area contributed by atoms with Crippen LogP contribution in [0.25, 0.3) is 6.08 Å². The molecule has 4 aliphatic rings. The fraction of sp³-hybridized carbons (Fsp3) is 0.450. The summed E-state index contributed by atoms with van der Waals surface area (Å²) >= 11 is 0. The lowest BCUT2D eigenvalue weighted by Gasteiger charge is -2.35. The number of benzene rings is 1. The second kappa shape index (κ2) is 5.40. The number of rotatable bonds is 2. The van der Waals surface area contributed by atoms with E-state index in [4.69, 9.17) is 9.47 Å². The first kappa shape index (κ1) is 14.1. The van der Waals surface area contributed by atoms with Crippen LogP contribution in [0.3, 0.4) is 0 Å². The molecule has 0 aromatic heterocycles. The van der Waals surface area contributed by atoms with Gasteiger partial charge in [-0.05, 0) is 62.3 Å². The first-order valence-electron chi connectivity index (χ1n) is 8.88. The predicted molar refractivity (Wildman–Crippen MR) is 90.7 cm³/mol. The molecule has 0 radical (unpaired) electrons. The quantitative estimate of drug-likeness (QED) is 0.616. The van der Waals surface area contributed by atoms with Gasteiger partial charge in [0.05, 0.1) is 0 Å². The molecule has 4 heteroatoms. The maximum absolute atomic E-state index is 12.7. The van der Waals surface area contributed by atoms with Crippen LogP contribution in [0.5, 0.6) is 11.5 Å². The molecular weight excluding hydrogens is 302 g/mol. The Balaban J connectivity index is 1.31. The highest BCUT2D eigenvalue weighted by atomic mass is 16.7. The van der Waals surface area contributed by atoms with E-state index in [1.165, 1.54) is 12.8 Å². The lowest BCUT2D eigenvalue weighted by molar-refractivity contribution is -0.129. The molecule has 1 aromatic carbocycles. The number of amides is 1. The van der Waals surface area contributed by atoms with Crippen LogP contribution in [0.2, 0.25) is 0 Å².